The maximum absolute atomic E-state index is 13.0. The quantitative estimate of drug-likeness (QED) is 0.613. The van der Waals surface area contributed by atoms with Crippen LogP contribution < -0.4 is 0 Å². The van der Waals surface area contributed by atoms with E-state index in [4.69, 9.17) is 0 Å². The summed E-state index contributed by atoms with van der Waals surface area (Å²) in [4.78, 5) is 0. The molecular formula is C19H18FN3S. The molecule has 0 atom stereocenters. The fourth-order valence-electron chi connectivity index (χ4n) is 2.69. The van der Waals surface area contributed by atoms with Crippen LogP contribution in [0.4, 0.5) is 4.39 Å². The summed E-state index contributed by atoms with van der Waals surface area (Å²) in [7, 11) is 0. The Morgan fingerprint density at radius 2 is 1.71 bits per heavy atom. The molecule has 0 amide bonds. The van der Waals surface area contributed by atoms with Gasteiger partial charge in [-0.3, -0.25) is 0 Å². The highest BCUT2D eigenvalue weighted by Crippen LogP contribution is 2.40. The summed E-state index contributed by atoms with van der Waals surface area (Å²) in [6.45, 7) is 0.797. The molecule has 0 bridgehead atoms. The van der Waals surface area contributed by atoms with E-state index in [-0.39, 0.29) is 5.82 Å². The number of hydrogen-bond acceptors (Lipinski definition) is 3. The Bertz CT molecular complexity index is 810. The first-order valence-electron chi connectivity index (χ1n) is 8.14. The summed E-state index contributed by atoms with van der Waals surface area (Å²) < 4.78 is 15.3. The van der Waals surface area contributed by atoms with E-state index in [1.165, 1.54) is 30.5 Å². The molecule has 3 aromatic rings. The first-order chi connectivity index (χ1) is 11.8. The minimum Gasteiger partial charge on any atom is -0.301 e. The number of thioether (sulfide) groups is 1. The van der Waals surface area contributed by atoms with Gasteiger partial charge >= 0.3 is 0 Å². The number of hydrogen-bond donors (Lipinski definition) is 0. The lowest BCUT2D eigenvalue weighted by atomic mass is 10.2. The average Bonchev–Trinajstić information content (AvgIpc) is 3.38. The van der Waals surface area contributed by atoms with Gasteiger partial charge < -0.3 is 4.57 Å². The van der Waals surface area contributed by atoms with E-state index in [1.807, 2.05) is 18.2 Å². The Labute approximate surface area is 144 Å². The van der Waals surface area contributed by atoms with Crippen LogP contribution in [0.5, 0.6) is 0 Å². The van der Waals surface area contributed by atoms with Gasteiger partial charge in [0.2, 0.25) is 0 Å². The summed E-state index contributed by atoms with van der Waals surface area (Å²) in [5.74, 6) is 2.21. The third-order valence-electron chi connectivity index (χ3n) is 4.15. The molecule has 0 radical (unpaired) electrons. The molecule has 4 rings (SSSR count). The van der Waals surface area contributed by atoms with Gasteiger partial charge in [-0.1, -0.05) is 54.2 Å². The van der Waals surface area contributed by atoms with Crippen LogP contribution in [0.1, 0.15) is 35.7 Å². The summed E-state index contributed by atoms with van der Waals surface area (Å²) >= 11 is 1.66. The molecule has 3 nitrogen and oxygen atoms in total. The SMILES string of the molecule is Fc1ccc(CSc2nnc(C3CC3)n2Cc2ccccc2)cc1. The molecule has 1 aliphatic carbocycles. The lowest BCUT2D eigenvalue weighted by Gasteiger charge is -2.10. The van der Waals surface area contributed by atoms with Gasteiger partial charge in [0.25, 0.3) is 0 Å². The zero-order chi connectivity index (χ0) is 16.4. The summed E-state index contributed by atoms with van der Waals surface area (Å²) in [5, 5.41) is 9.78. The van der Waals surface area contributed by atoms with Crippen molar-refractivity contribution in [1.82, 2.24) is 14.8 Å². The molecule has 1 fully saturated rings. The Hall–Kier alpha value is -2.14. The van der Waals surface area contributed by atoms with E-state index in [2.05, 4.69) is 39.0 Å². The minimum atomic E-state index is -0.202. The molecule has 1 saturated carbocycles. The predicted molar refractivity (Wildman–Crippen MR) is 93.5 cm³/mol. The minimum absolute atomic E-state index is 0.202. The molecule has 0 unspecified atom stereocenters. The van der Waals surface area contributed by atoms with Gasteiger partial charge in [-0.15, -0.1) is 10.2 Å². The molecule has 0 saturated heterocycles. The Morgan fingerprint density at radius 1 is 0.958 bits per heavy atom. The van der Waals surface area contributed by atoms with Gasteiger partial charge in [0, 0.05) is 11.7 Å². The number of aromatic nitrogens is 3. The van der Waals surface area contributed by atoms with Gasteiger partial charge in [-0.25, -0.2) is 4.39 Å². The summed E-state index contributed by atoms with van der Waals surface area (Å²) in [6, 6.07) is 17.0. The fourth-order valence-corrected chi connectivity index (χ4v) is 3.59. The second kappa shape index (κ2) is 6.77. The van der Waals surface area contributed by atoms with Crippen LogP contribution in [0.25, 0.3) is 0 Å². The maximum atomic E-state index is 13.0. The van der Waals surface area contributed by atoms with Crippen molar-refractivity contribution >= 4 is 11.8 Å². The van der Waals surface area contributed by atoms with Crippen LogP contribution in [0.15, 0.2) is 59.8 Å². The predicted octanol–water partition coefficient (Wildman–Crippen LogP) is 4.64. The van der Waals surface area contributed by atoms with Crippen molar-refractivity contribution in [2.75, 3.05) is 0 Å². The van der Waals surface area contributed by atoms with E-state index >= 15 is 0 Å². The van der Waals surface area contributed by atoms with Crippen LogP contribution in [-0.4, -0.2) is 14.8 Å². The first kappa shape index (κ1) is 15.4. The van der Waals surface area contributed by atoms with Crippen LogP contribution in [0, 0.1) is 5.82 Å². The fraction of sp³-hybridized carbons (Fsp3) is 0.263. The summed E-state index contributed by atoms with van der Waals surface area (Å²) in [5.41, 5.74) is 2.34. The number of benzene rings is 2. The Balaban J connectivity index is 1.54. The van der Waals surface area contributed by atoms with Gasteiger partial charge in [-0.05, 0) is 36.1 Å². The lowest BCUT2D eigenvalue weighted by Crippen LogP contribution is -2.06. The van der Waals surface area contributed by atoms with E-state index in [1.54, 1.807) is 11.8 Å². The van der Waals surface area contributed by atoms with Gasteiger partial charge in [0.1, 0.15) is 11.6 Å². The highest BCUT2D eigenvalue weighted by molar-refractivity contribution is 7.98. The van der Waals surface area contributed by atoms with Crippen LogP contribution >= 0.6 is 11.8 Å². The number of rotatable bonds is 6. The van der Waals surface area contributed by atoms with Crippen molar-refractivity contribution in [2.24, 2.45) is 0 Å². The smallest absolute Gasteiger partial charge is 0.191 e. The first-order valence-corrected chi connectivity index (χ1v) is 9.12. The Morgan fingerprint density at radius 3 is 2.42 bits per heavy atom. The highest BCUT2D eigenvalue weighted by Gasteiger charge is 2.30. The van der Waals surface area contributed by atoms with Gasteiger partial charge in [-0.2, -0.15) is 0 Å². The standard InChI is InChI=1S/C19H18FN3S/c20-17-10-6-15(7-11-17)13-24-19-22-21-18(16-8-9-16)23(19)12-14-4-2-1-3-5-14/h1-7,10-11,16H,8-9,12-13H2. The maximum Gasteiger partial charge on any atom is 0.191 e. The van der Waals surface area contributed by atoms with Crippen LogP contribution in [0.2, 0.25) is 0 Å². The molecule has 1 heterocycles. The highest BCUT2D eigenvalue weighted by atomic mass is 32.2. The van der Waals surface area contributed by atoms with Crippen LogP contribution in [-0.2, 0) is 12.3 Å². The lowest BCUT2D eigenvalue weighted by molar-refractivity contribution is 0.627. The van der Waals surface area contributed by atoms with Crippen molar-refractivity contribution in [1.29, 1.82) is 0 Å². The topological polar surface area (TPSA) is 30.7 Å². The van der Waals surface area contributed by atoms with Gasteiger partial charge in [0.05, 0.1) is 6.54 Å². The number of halogens is 1. The molecule has 5 heteroatoms. The molecule has 1 aromatic heterocycles. The summed E-state index contributed by atoms with van der Waals surface area (Å²) in [6.07, 6.45) is 2.41. The van der Waals surface area contributed by atoms with Crippen molar-refractivity contribution < 1.29 is 4.39 Å². The van der Waals surface area contributed by atoms with Crippen LogP contribution in [0.3, 0.4) is 0 Å². The van der Waals surface area contributed by atoms with Crippen molar-refractivity contribution in [3.63, 3.8) is 0 Å². The second-order valence-electron chi connectivity index (χ2n) is 6.10. The third-order valence-corrected chi connectivity index (χ3v) is 5.19. The molecule has 1 aliphatic rings. The van der Waals surface area contributed by atoms with E-state index in [0.717, 1.165) is 28.8 Å². The van der Waals surface area contributed by atoms with E-state index in [9.17, 15) is 4.39 Å². The zero-order valence-corrected chi connectivity index (χ0v) is 14.0. The molecule has 122 valence electrons. The Kier molecular flexibility index (Phi) is 4.34. The average molecular weight is 339 g/mol. The van der Waals surface area contributed by atoms with Crippen molar-refractivity contribution in [3.8, 4) is 0 Å². The van der Waals surface area contributed by atoms with Crippen molar-refractivity contribution in [2.45, 2.75) is 36.2 Å². The van der Waals surface area contributed by atoms with Crippen molar-refractivity contribution in [3.05, 3.63) is 77.4 Å². The second-order valence-corrected chi connectivity index (χ2v) is 7.04. The molecule has 0 spiro atoms. The zero-order valence-electron chi connectivity index (χ0n) is 13.2. The molecule has 24 heavy (non-hydrogen) atoms. The largest absolute Gasteiger partial charge is 0.301 e. The number of nitrogens with zero attached hydrogens (tertiary/aromatic N) is 3. The normalized spacial score (nSPS) is 14.0. The molecule has 0 aliphatic heterocycles. The molecule has 2 aromatic carbocycles. The molecule has 0 N–H and O–H groups in total. The third kappa shape index (κ3) is 3.51. The van der Waals surface area contributed by atoms with Gasteiger partial charge in [0.15, 0.2) is 5.16 Å². The van der Waals surface area contributed by atoms with E-state index in [0.29, 0.717) is 5.92 Å². The van der Waals surface area contributed by atoms with E-state index < -0.39 is 0 Å². The molecular weight excluding hydrogens is 321 g/mol. The monoisotopic (exact) mass is 339 g/mol.